The first-order chi connectivity index (χ1) is 16.9. The third kappa shape index (κ3) is 4.78. The van der Waals surface area contributed by atoms with Crippen LogP contribution in [0.1, 0.15) is 17.3 Å². The van der Waals surface area contributed by atoms with Crippen LogP contribution in [-0.2, 0) is 4.74 Å². The van der Waals surface area contributed by atoms with Crippen LogP contribution in [0.15, 0.2) is 54.9 Å². The van der Waals surface area contributed by atoms with E-state index in [1.165, 1.54) is 20.4 Å². The summed E-state index contributed by atoms with van der Waals surface area (Å²) in [5, 5.41) is 15.3. The molecule has 11 nitrogen and oxygen atoms in total. The summed E-state index contributed by atoms with van der Waals surface area (Å²) in [7, 11) is 2.94. The second kappa shape index (κ2) is 10.00. The van der Waals surface area contributed by atoms with Crippen LogP contribution in [0.5, 0.6) is 11.9 Å². The number of fused-ring (bicyclic) bond motifs is 1. The van der Waals surface area contributed by atoms with Crippen LogP contribution in [0, 0.1) is 10.1 Å². The number of nitrogens with one attached hydrogen (secondary N) is 1. The topological polar surface area (TPSA) is 139 Å². The van der Waals surface area contributed by atoms with Crippen molar-refractivity contribution in [3.05, 3.63) is 70.5 Å². The lowest BCUT2D eigenvalue weighted by Gasteiger charge is -2.13. The van der Waals surface area contributed by atoms with Crippen molar-refractivity contribution in [3.63, 3.8) is 0 Å². The lowest BCUT2D eigenvalue weighted by atomic mass is 10.0. The minimum Gasteiger partial charge on any atom is -0.480 e. The molecule has 0 bridgehead atoms. The molecule has 2 aromatic heterocycles. The van der Waals surface area contributed by atoms with Gasteiger partial charge in [-0.25, -0.2) is 14.8 Å². The molecule has 0 aliphatic heterocycles. The standard InChI is InChI=1S/C24H21N5O6/c1-4-35-23(30)15-6-5-7-16(10-15)27-21-17-9-8-14(11-19(17)25-13-20(21)29(31)32)18-12-26-24(34-3)28-22(18)33-2/h5-13H,4H2,1-3H3,(H,25,27). The average Bonchev–Trinajstić information content (AvgIpc) is 2.88. The largest absolute Gasteiger partial charge is 0.480 e. The van der Waals surface area contributed by atoms with Gasteiger partial charge in [-0.05, 0) is 42.8 Å². The van der Waals surface area contributed by atoms with E-state index in [2.05, 4.69) is 20.3 Å². The number of hydrogen-bond acceptors (Lipinski definition) is 10. The lowest BCUT2D eigenvalue weighted by Crippen LogP contribution is -2.05. The first-order valence-corrected chi connectivity index (χ1v) is 10.5. The van der Waals surface area contributed by atoms with Gasteiger partial charge in [0.25, 0.3) is 0 Å². The normalized spacial score (nSPS) is 10.6. The lowest BCUT2D eigenvalue weighted by molar-refractivity contribution is -0.384. The molecule has 2 heterocycles. The molecule has 0 aliphatic rings. The van der Waals surface area contributed by atoms with Gasteiger partial charge in [0.2, 0.25) is 5.88 Å². The van der Waals surface area contributed by atoms with Gasteiger partial charge in [0, 0.05) is 17.3 Å². The third-order valence-electron chi connectivity index (χ3n) is 5.11. The maximum Gasteiger partial charge on any atom is 0.338 e. The molecule has 0 saturated heterocycles. The molecule has 0 aliphatic carbocycles. The minimum atomic E-state index is -0.516. The fourth-order valence-electron chi connectivity index (χ4n) is 3.51. The molecule has 178 valence electrons. The fourth-order valence-corrected chi connectivity index (χ4v) is 3.51. The Hall–Kier alpha value is -4.80. The van der Waals surface area contributed by atoms with Crippen LogP contribution in [0.3, 0.4) is 0 Å². The predicted octanol–water partition coefficient (Wildman–Crippen LogP) is 4.54. The number of ether oxygens (including phenoxy) is 3. The van der Waals surface area contributed by atoms with Gasteiger partial charge in [-0.3, -0.25) is 10.1 Å². The molecule has 4 rings (SSSR count). The molecule has 0 atom stereocenters. The van der Waals surface area contributed by atoms with Gasteiger partial charge in [0.1, 0.15) is 11.9 Å². The second-order valence-corrected chi connectivity index (χ2v) is 7.21. The van der Waals surface area contributed by atoms with Crippen molar-refractivity contribution in [1.82, 2.24) is 15.0 Å². The summed E-state index contributed by atoms with van der Waals surface area (Å²) < 4.78 is 15.5. The molecule has 0 amide bonds. The quantitative estimate of drug-likeness (QED) is 0.219. The molecule has 2 aromatic carbocycles. The van der Waals surface area contributed by atoms with E-state index in [0.717, 1.165) is 0 Å². The highest BCUT2D eigenvalue weighted by molar-refractivity contribution is 6.00. The van der Waals surface area contributed by atoms with Gasteiger partial charge >= 0.3 is 17.7 Å². The summed E-state index contributed by atoms with van der Waals surface area (Å²) in [5.74, 6) is -0.169. The molecule has 1 N–H and O–H groups in total. The number of aromatic nitrogens is 3. The Morgan fingerprint density at radius 1 is 1.09 bits per heavy atom. The third-order valence-corrected chi connectivity index (χ3v) is 5.11. The minimum absolute atomic E-state index is 0.164. The summed E-state index contributed by atoms with van der Waals surface area (Å²) in [4.78, 5) is 36.0. The number of nitrogens with zero attached hydrogens (tertiary/aromatic N) is 4. The van der Waals surface area contributed by atoms with Crippen molar-refractivity contribution in [2.24, 2.45) is 0 Å². The average molecular weight is 475 g/mol. The number of rotatable bonds is 8. The van der Waals surface area contributed by atoms with Crippen molar-refractivity contribution in [2.75, 3.05) is 26.1 Å². The molecule has 35 heavy (non-hydrogen) atoms. The number of pyridine rings is 1. The van der Waals surface area contributed by atoms with Gasteiger partial charge in [-0.1, -0.05) is 12.1 Å². The van der Waals surface area contributed by atoms with Crippen molar-refractivity contribution >= 4 is 33.9 Å². The van der Waals surface area contributed by atoms with Crippen molar-refractivity contribution in [2.45, 2.75) is 6.92 Å². The highest BCUT2D eigenvalue weighted by Gasteiger charge is 2.20. The Labute approximate surface area is 199 Å². The molecule has 0 unspecified atom stereocenters. The summed E-state index contributed by atoms with van der Waals surface area (Å²) >= 11 is 0. The molecule has 0 saturated carbocycles. The second-order valence-electron chi connectivity index (χ2n) is 7.21. The van der Waals surface area contributed by atoms with E-state index in [9.17, 15) is 14.9 Å². The maximum atomic E-state index is 12.1. The van der Waals surface area contributed by atoms with Gasteiger partial charge in [0.15, 0.2) is 0 Å². The van der Waals surface area contributed by atoms with Crippen LogP contribution in [-0.4, -0.2) is 46.7 Å². The SMILES string of the molecule is CCOC(=O)c1cccc(Nc2c([N+](=O)[O-])cnc3cc(-c4cnc(OC)nc4OC)ccc23)c1. The molecular formula is C24H21N5O6. The van der Waals surface area contributed by atoms with Crippen molar-refractivity contribution < 1.29 is 23.9 Å². The van der Waals surface area contributed by atoms with Gasteiger partial charge in [0.05, 0.1) is 42.4 Å². The van der Waals surface area contributed by atoms with E-state index < -0.39 is 10.9 Å². The van der Waals surface area contributed by atoms with Crippen molar-refractivity contribution in [3.8, 4) is 23.0 Å². The van der Waals surface area contributed by atoms with Gasteiger partial charge < -0.3 is 19.5 Å². The summed E-state index contributed by atoms with van der Waals surface area (Å²) in [6.07, 6.45) is 2.75. The highest BCUT2D eigenvalue weighted by atomic mass is 16.6. The molecule has 0 spiro atoms. The van der Waals surface area contributed by atoms with E-state index in [4.69, 9.17) is 14.2 Å². The van der Waals surface area contributed by atoms with Crippen LogP contribution >= 0.6 is 0 Å². The Morgan fingerprint density at radius 2 is 1.91 bits per heavy atom. The number of nitro groups is 1. The molecule has 4 aromatic rings. The monoisotopic (exact) mass is 475 g/mol. The highest BCUT2D eigenvalue weighted by Crippen LogP contribution is 2.37. The predicted molar refractivity (Wildman–Crippen MR) is 128 cm³/mol. The van der Waals surface area contributed by atoms with Crippen molar-refractivity contribution in [1.29, 1.82) is 0 Å². The van der Waals surface area contributed by atoms with E-state index in [1.54, 1.807) is 55.6 Å². The Morgan fingerprint density at radius 3 is 2.63 bits per heavy atom. The van der Waals surface area contributed by atoms with Crippen LogP contribution in [0.4, 0.5) is 17.1 Å². The molecular weight excluding hydrogens is 454 g/mol. The van der Waals surface area contributed by atoms with Crippen LogP contribution in [0.2, 0.25) is 0 Å². The van der Waals surface area contributed by atoms with E-state index in [0.29, 0.717) is 39.2 Å². The molecule has 0 fully saturated rings. The zero-order valence-corrected chi connectivity index (χ0v) is 19.1. The van der Waals surface area contributed by atoms with Crippen LogP contribution in [0.25, 0.3) is 22.0 Å². The van der Waals surface area contributed by atoms with Crippen LogP contribution < -0.4 is 14.8 Å². The Bertz CT molecular complexity index is 1430. The number of benzene rings is 2. The Kier molecular flexibility index (Phi) is 6.67. The zero-order valence-electron chi connectivity index (χ0n) is 19.1. The molecule has 11 heteroatoms. The summed E-state index contributed by atoms with van der Waals surface area (Å²) in [6.45, 7) is 1.96. The number of hydrogen-bond donors (Lipinski definition) is 1. The first-order valence-electron chi connectivity index (χ1n) is 10.5. The van der Waals surface area contributed by atoms with E-state index >= 15 is 0 Å². The smallest absolute Gasteiger partial charge is 0.338 e. The number of carbonyl (C=O) groups is 1. The summed E-state index contributed by atoms with van der Waals surface area (Å²) in [6, 6.07) is 11.9. The Balaban J connectivity index is 1.79. The van der Waals surface area contributed by atoms with Gasteiger partial charge in [-0.15, -0.1) is 0 Å². The van der Waals surface area contributed by atoms with E-state index in [-0.39, 0.29) is 24.0 Å². The number of methoxy groups -OCH3 is 2. The number of carbonyl (C=O) groups excluding carboxylic acids is 1. The number of esters is 1. The first kappa shape index (κ1) is 23.4. The maximum absolute atomic E-state index is 12.1. The summed E-state index contributed by atoms with van der Waals surface area (Å²) in [5.41, 5.74) is 2.64. The fraction of sp³-hybridized carbons (Fsp3) is 0.167. The van der Waals surface area contributed by atoms with E-state index in [1.807, 2.05) is 0 Å². The zero-order chi connectivity index (χ0) is 24.9. The van der Waals surface area contributed by atoms with Gasteiger partial charge in [-0.2, -0.15) is 4.98 Å². The molecule has 0 radical (unpaired) electrons. The number of anilines is 2.